The molecule has 0 fully saturated rings. The van der Waals surface area contributed by atoms with Gasteiger partial charge in [-0.1, -0.05) is 0 Å². The summed E-state index contributed by atoms with van der Waals surface area (Å²) in [5.74, 6) is -0.974. The third kappa shape index (κ3) is 1.58. The number of aryl methyl sites for hydroxylation is 1. The fraction of sp³-hybridized carbons (Fsp3) is 0.143. The van der Waals surface area contributed by atoms with E-state index in [-0.39, 0.29) is 5.56 Å². The van der Waals surface area contributed by atoms with Crippen molar-refractivity contribution < 1.29 is 9.90 Å². The Morgan fingerprint density at radius 2 is 2.50 bits per heavy atom. The molecule has 0 aliphatic heterocycles. The summed E-state index contributed by atoms with van der Waals surface area (Å²) in [4.78, 5) is 15.0. The molecule has 0 amide bonds. The minimum Gasteiger partial charge on any atom is -0.478 e. The largest absolute Gasteiger partial charge is 0.478 e. The SMILES string of the molecule is Cc1scc(N=C=S)c1C(=O)O. The first-order chi connectivity index (χ1) is 5.66. The summed E-state index contributed by atoms with van der Waals surface area (Å²) < 4.78 is 0. The highest BCUT2D eigenvalue weighted by atomic mass is 32.1. The van der Waals surface area contributed by atoms with Crippen molar-refractivity contribution in [2.24, 2.45) is 4.99 Å². The fourth-order valence-corrected chi connectivity index (χ4v) is 1.70. The smallest absolute Gasteiger partial charge is 0.339 e. The Morgan fingerprint density at radius 3 is 3.00 bits per heavy atom. The molecule has 0 aromatic carbocycles. The molecule has 1 heterocycles. The normalized spacial score (nSPS) is 9.08. The van der Waals surface area contributed by atoms with Gasteiger partial charge < -0.3 is 5.11 Å². The van der Waals surface area contributed by atoms with Gasteiger partial charge in [0.2, 0.25) is 0 Å². The molecule has 0 spiro atoms. The Morgan fingerprint density at radius 1 is 1.83 bits per heavy atom. The molecule has 12 heavy (non-hydrogen) atoms. The van der Waals surface area contributed by atoms with E-state index in [4.69, 9.17) is 5.11 Å². The molecule has 5 heteroatoms. The Kier molecular flexibility index (Phi) is 2.70. The number of rotatable bonds is 2. The van der Waals surface area contributed by atoms with E-state index in [0.29, 0.717) is 5.69 Å². The van der Waals surface area contributed by atoms with Gasteiger partial charge in [0.05, 0.1) is 16.4 Å². The van der Waals surface area contributed by atoms with Crippen molar-refractivity contribution in [1.29, 1.82) is 0 Å². The van der Waals surface area contributed by atoms with Crippen molar-refractivity contribution in [3.05, 3.63) is 15.8 Å². The number of hydrogen-bond donors (Lipinski definition) is 1. The first kappa shape index (κ1) is 9.06. The van der Waals surface area contributed by atoms with Crippen LogP contribution >= 0.6 is 23.6 Å². The van der Waals surface area contributed by atoms with E-state index in [0.717, 1.165) is 4.88 Å². The summed E-state index contributed by atoms with van der Waals surface area (Å²) in [6.07, 6.45) is 0. The number of isothiocyanates is 1. The number of hydrogen-bond acceptors (Lipinski definition) is 4. The Balaban J connectivity index is 3.30. The third-order valence-corrected chi connectivity index (χ3v) is 2.33. The summed E-state index contributed by atoms with van der Waals surface area (Å²) in [5, 5.41) is 12.5. The Hall–Kier alpha value is -1.03. The van der Waals surface area contributed by atoms with E-state index in [1.54, 1.807) is 12.3 Å². The number of nitrogens with zero attached hydrogens (tertiary/aromatic N) is 1. The average molecular weight is 199 g/mol. The van der Waals surface area contributed by atoms with Crippen LogP contribution in [0.1, 0.15) is 15.2 Å². The fourth-order valence-electron chi connectivity index (χ4n) is 0.834. The van der Waals surface area contributed by atoms with Crippen LogP contribution in [-0.4, -0.2) is 16.2 Å². The van der Waals surface area contributed by atoms with Gasteiger partial charge in [-0.05, 0) is 19.1 Å². The van der Waals surface area contributed by atoms with Crippen molar-refractivity contribution in [3.63, 3.8) is 0 Å². The maximum atomic E-state index is 10.7. The molecule has 1 aromatic rings. The van der Waals surface area contributed by atoms with Crippen LogP contribution < -0.4 is 0 Å². The molecule has 0 saturated heterocycles. The molecule has 0 aliphatic carbocycles. The van der Waals surface area contributed by atoms with Gasteiger partial charge >= 0.3 is 5.97 Å². The quantitative estimate of drug-likeness (QED) is 0.588. The molecule has 0 aliphatic rings. The lowest BCUT2D eigenvalue weighted by Gasteiger charge is -1.91. The van der Waals surface area contributed by atoms with Crippen LogP contribution in [0, 0.1) is 6.92 Å². The molecule has 1 N–H and O–H groups in total. The van der Waals surface area contributed by atoms with Crippen LogP contribution in [0.15, 0.2) is 10.4 Å². The summed E-state index contributed by atoms with van der Waals surface area (Å²) in [6.45, 7) is 1.73. The molecular formula is C7H5NO2S2. The number of aliphatic imine (C=N–C) groups is 1. The molecule has 0 saturated carbocycles. The second-order valence-electron chi connectivity index (χ2n) is 2.06. The van der Waals surface area contributed by atoms with Crippen LogP contribution in [-0.2, 0) is 0 Å². The summed E-state index contributed by atoms with van der Waals surface area (Å²) >= 11 is 5.72. The van der Waals surface area contributed by atoms with Gasteiger partial charge in [0.25, 0.3) is 0 Å². The van der Waals surface area contributed by atoms with Gasteiger partial charge in [0.15, 0.2) is 0 Å². The lowest BCUT2D eigenvalue weighted by Crippen LogP contribution is -1.95. The highest BCUT2D eigenvalue weighted by Crippen LogP contribution is 2.28. The number of aromatic carboxylic acids is 1. The summed E-state index contributed by atoms with van der Waals surface area (Å²) in [7, 11) is 0. The molecule has 1 rings (SSSR count). The van der Waals surface area contributed by atoms with Crippen LogP contribution in [0.3, 0.4) is 0 Å². The van der Waals surface area contributed by atoms with E-state index >= 15 is 0 Å². The lowest BCUT2D eigenvalue weighted by molar-refractivity contribution is 0.0698. The minimum absolute atomic E-state index is 0.220. The van der Waals surface area contributed by atoms with Gasteiger partial charge in [-0.15, -0.1) is 11.3 Å². The van der Waals surface area contributed by atoms with Gasteiger partial charge in [-0.3, -0.25) is 0 Å². The number of carboxylic acids is 1. The lowest BCUT2D eigenvalue weighted by atomic mass is 10.2. The topological polar surface area (TPSA) is 49.7 Å². The van der Waals surface area contributed by atoms with Crippen molar-refractivity contribution in [2.75, 3.05) is 0 Å². The molecule has 3 nitrogen and oxygen atoms in total. The summed E-state index contributed by atoms with van der Waals surface area (Å²) in [6, 6.07) is 0. The zero-order chi connectivity index (χ0) is 9.14. The second kappa shape index (κ2) is 3.58. The van der Waals surface area contributed by atoms with Crippen molar-refractivity contribution in [1.82, 2.24) is 0 Å². The highest BCUT2D eigenvalue weighted by molar-refractivity contribution is 7.78. The first-order valence-electron chi connectivity index (χ1n) is 3.06. The maximum Gasteiger partial charge on any atom is 0.339 e. The average Bonchev–Trinajstić information content (AvgIpc) is 2.32. The number of carbonyl (C=O) groups is 1. The standard InChI is InChI=1S/C7H5NO2S2/c1-4-6(7(9)10)5(2-12-4)8-3-11/h2H,1H3,(H,9,10). The number of thiophene rings is 1. The second-order valence-corrected chi connectivity index (χ2v) is 3.33. The van der Waals surface area contributed by atoms with E-state index in [9.17, 15) is 4.79 Å². The maximum absolute atomic E-state index is 10.7. The first-order valence-corrected chi connectivity index (χ1v) is 4.35. The van der Waals surface area contributed by atoms with Gasteiger partial charge in [-0.2, -0.15) is 4.99 Å². The number of thiocarbonyl (C=S) groups is 1. The van der Waals surface area contributed by atoms with E-state index in [2.05, 4.69) is 22.4 Å². The Bertz CT molecular complexity index is 363. The van der Waals surface area contributed by atoms with Crippen LogP contribution in [0.25, 0.3) is 0 Å². The molecule has 62 valence electrons. The highest BCUT2D eigenvalue weighted by Gasteiger charge is 2.14. The Labute approximate surface area is 78.4 Å². The van der Waals surface area contributed by atoms with Crippen LogP contribution in [0.4, 0.5) is 5.69 Å². The zero-order valence-electron chi connectivity index (χ0n) is 6.20. The molecule has 0 unspecified atom stereocenters. The van der Waals surface area contributed by atoms with E-state index in [1.165, 1.54) is 11.3 Å². The van der Waals surface area contributed by atoms with Crippen molar-refractivity contribution >= 4 is 40.4 Å². The molecule has 1 aromatic heterocycles. The van der Waals surface area contributed by atoms with Gasteiger partial charge in [0, 0.05) is 10.3 Å². The predicted octanol–water partition coefficient (Wildman–Crippen LogP) is 2.49. The van der Waals surface area contributed by atoms with E-state index in [1.807, 2.05) is 0 Å². The monoisotopic (exact) mass is 199 g/mol. The molecular weight excluding hydrogens is 194 g/mol. The zero-order valence-corrected chi connectivity index (χ0v) is 7.83. The van der Waals surface area contributed by atoms with E-state index < -0.39 is 5.97 Å². The van der Waals surface area contributed by atoms with Gasteiger partial charge in [-0.25, -0.2) is 4.79 Å². The number of carboxylic acid groups (broad SMARTS) is 1. The molecule has 0 bridgehead atoms. The van der Waals surface area contributed by atoms with Crippen molar-refractivity contribution in [2.45, 2.75) is 6.92 Å². The van der Waals surface area contributed by atoms with Crippen LogP contribution in [0.2, 0.25) is 0 Å². The molecule has 0 atom stereocenters. The van der Waals surface area contributed by atoms with Crippen LogP contribution in [0.5, 0.6) is 0 Å². The molecule has 0 radical (unpaired) electrons. The minimum atomic E-state index is -0.974. The predicted molar refractivity (Wildman–Crippen MR) is 50.7 cm³/mol. The van der Waals surface area contributed by atoms with Gasteiger partial charge in [0.1, 0.15) is 0 Å². The van der Waals surface area contributed by atoms with Crippen molar-refractivity contribution in [3.8, 4) is 0 Å². The summed E-state index contributed by atoms with van der Waals surface area (Å²) in [5.41, 5.74) is 0.609. The third-order valence-electron chi connectivity index (χ3n) is 1.34.